The smallest absolute Gasteiger partial charge is 0.225 e. The third kappa shape index (κ3) is 2.22. The van der Waals surface area contributed by atoms with Crippen LogP contribution in [0.4, 0.5) is 5.95 Å². The number of aromatic amines is 1. The second kappa shape index (κ2) is 4.68. The topological polar surface area (TPSA) is 66.5 Å². The van der Waals surface area contributed by atoms with E-state index in [0.717, 1.165) is 16.6 Å². The van der Waals surface area contributed by atoms with Crippen molar-refractivity contribution in [1.82, 2.24) is 20.2 Å². The summed E-state index contributed by atoms with van der Waals surface area (Å²) in [4.78, 5) is 8.72. The van der Waals surface area contributed by atoms with Gasteiger partial charge in [-0.3, -0.25) is 5.10 Å². The van der Waals surface area contributed by atoms with Crippen molar-refractivity contribution in [3.05, 3.63) is 34.4 Å². The molecular formula is C12H9Cl2N5. The molecule has 0 unspecified atom stereocenters. The number of aromatic nitrogens is 4. The molecule has 0 spiro atoms. The number of benzene rings is 1. The Kier molecular flexibility index (Phi) is 3.00. The van der Waals surface area contributed by atoms with Gasteiger partial charge in [-0.1, -0.05) is 23.2 Å². The second-order valence-electron chi connectivity index (χ2n) is 3.94. The van der Waals surface area contributed by atoms with Crippen molar-refractivity contribution in [1.29, 1.82) is 0 Å². The van der Waals surface area contributed by atoms with Gasteiger partial charge in [0.15, 0.2) is 5.65 Å². The highest BCUT2D eigenvalue weighted by atomic mass is 35.5. The molecule has 0 saturated heterocycles. The van der Waals surface area contributed by atoms with Gasteiger partial charge in [0.2, 0.25) is 5.95 Å². The zero-order valence-corrected chi connectivity index (χ0v) is 11.4. The molecule has 3 rings (SSSR count). The Morgan fingerprint density at radius 3 is 2.53 bits per heavy atom. The van der Waals surface area contributed by atoms with Crippen LogP contribution in [0.2, 0.25) is 10.0 Å². The fraction of sp³-hybridized carbons (Fsp3) is 0.0833. The highest BCUT2D eigenvalue weighted by Crippen LogP contribution is 2.30. The Hall–Kier alpha value is -1.85. The predicted molar refractivity (Wildman–Crippen MR) is 76.7 cm³/mol. The Morgan fingerprint density at radius 1 is 1.11 bits per heavy atom. The summed E-state index contributed by atoms with van der Waals surface area (Å²) in [6.45, 7) is 0. The summed E-state index contributed by atoms with van der Waals surface area (Å²) in [6, 6.07) is 5.29. The number of H-pyrrole nitrogens is 1. The van der Waals surface area contributed by atoms with Crippen molar-refractivity contribution >= 4 is 40.2 Å². The van der Waals surface area contributed by atoms with Gasteiger partial charge in [-0.2, -0.15) is 10.1 Å². The lowest BCUT2D eigenvalue weighted by Gasteiger charge is -2.06. The highest BCUT2D eigenvalue weighted by Gasteiger charge is 2.12. The maximum Gasteiger partial charge on any atom is 0.225 e. The van der Waals surface area contributed by atoms with E-state index >= 15 is 0 Å². The highest BCUT2D eigenvalue weighted by molar-refractivity contribution is 6.35. The molecule has 96 valence electrons. The summed E-state index contributed by atoms with van der Waals surface area (Å²) >= 11 is 12.1. The molecule has 3 aromatic rings. The van der Waals surface area contributed by atoms with Gasteiger partial charge in [0.25, 0.3) is 0 Å². The molecule has 7 heteroatoms. The van der Waals surface area contributed by atoms with Gasteiger partial charge < -0.3 is 5.32 Å². The minimum atomic E-state index is 0.503. The van der Waals surface area contributed by atoms with Crippen molar-refractivity contribution in [2.45, 2.75) is 0 Å². The number of nitrogens with zero attached hydrogens (tertiary/aromatic N) is 3. The van der Waals surface area contributed by atoms with Crippen LogP contribution >= 0.6 is 23.2 Å². The molecule has 0 bridgehead atoms. The minimum Gasteiger partial charge on any atom is -0.357 e. The van der Waals surface area contributed by atoms with E-state index in [2.05, 4.69) is 25.5 Å². The Labute approximate surface area is 119 Å². The fourth-order valence-corrected chi connectivity index (χ4v) is 2.38. The summed E-state index contributed by atoms with van der Waals surface area (Å²) in [5.74, 6) is 0.503. The minimum absolute atomic E-state index is 0.503. The molecular weight excluding hydrogens is 285 g/mol. The normalized spacial score (nSPS) is 10.9. The molecule has 2 N–H and O–H groups in total. The monoisotopic (exact) mass is 293 g/mol. The molecule has 0 amide bonds. The van der Waals surface area contributed by atoms with E-state index in [9.17, 15) is 0 Å². The van der Waals surface area contributed by atoms with Crippen LogP contribution in [0.5, 0.6) is 0 Å². The van der Waals surface area contributed by atoms with Gasteiger partial charge in [0.05, 0.1) is 17.3 Å². The maximum absolute atomic E-state index is 6.03. The van der Waals surface area contributed by atoms with Crippen LogP contribution < -0.4 is 5.32 Å². The van der Waals surface area contributed by atoms with E-state index in [0.29, 0.717) is 21.6 Å². The standard InChI is InChI=1S/C12H9Cl2N5/c1-15-12-17-10(9-5-16-19-11(9)18-12)6-2-7(13)4-8(14)3-6/h2-5H,1H3,(H2,15,16,17,18,19). The molecule has 5 nitrogen and oxygen atoms in total. The molecule has 0 atom stereocenters. The van der Waals surface area contributed by atoms with E-state index in [1.165, 1.54) is 0 Å². The van der Waals surface area contributed by atoms with Crippen molar-refractivity contribution in [3.8, 4) is 11.3 Å². The first-order valence-electron chi connectivity index (χ1n) is 5.52. The Morgan fingerprint density at radius 2 is 1.84 bits per heavy atom. The van der Waals surface area contributed by atoms with E-state index in [1.54, 1.807) is 19.3 Å². The van der Waals surface area contributed by atoms with Gasteiger partial charge >= 0.3 is 0 Å². The number of hydrogen-bond acceptors (Lipinski definition) is 4. The first-order valence-corrected chi connectivity index (χ1v) is 6.28. The van der Waals surface area contributed by atoms with E-state index in [1.807, 2.05) is 12.1 Å². The average molecular weight is 294 g/mol. The number of fused-ring (bicyclic) bond motifs is 1. The van der Waals surface area contributed by atoms with Crippen molar-refractivity contribution < 1.29 is 0 Å². The molecule has 0 aliphatic rings. The summed E-state index contributed by atoms with van der Waals surface area (Å²) in [6.07, 6.45) is 1.68. The molecule has 1 aromatic carbocycles. The van der Waals surface area contributed by atoms with Gasteiger partial charge in [-0.15, -0.1) is 0 Å². The first kappa shape index (κ1) is 12.2. The first-order chi connectivity index (χ1) is 9.17. The number of halogens is 2. The molecule has 0 aliphatic carbocycles. The largest absolute Gasteiger partial charge is 0.357 e. The molecule has 0 fully saturated rings. The van der Waals surface area contributed by atoms with E-state index in [4.69, 9.17) is 23.2 Å². The lowest BCUT2D eigenvalue weighted by Crippen LogP contribution is -1.98. The van der Waals surface area contributed by atoms with Gasteiger partial charge in [-0.05, 0) is 18.2 Å². The van der Waals surface area contributed by atoms with E-state index < -0.39 is 0 Å². The second-order valence-corrected chi connectivity index (χ2v) is 4.81. The number of rotatable bonds is 2. The van der Waals surface area contributed by atoms with Crippen LogP contribution in [-0.4, -0.2) is 27.2 Å². The predicted octanol–water partition coefficient (Wildman–Crippen LogP) is 3.37. The lowest BCUT2D eigenvalue weighted by atomic mass is 10.1. The van der Waals surface area contributed by atoms with Crippen LogP contribution in [0.15, 0.2) is 24.4 Å². The summed E-state index contributed by atoms with van der Waals surface area (Å²) in [7, 11) is 1.76. The van der Waals surface area contributed by atoms with Crippen LogP contribution in [0, 0.1) is 0 Å². The zero-order chi connectivity index (χ0) is 13.4. The fourth-order valence-electron chi connectivity index (χ4n) is 1.86. The zero-order valence-electron chi connectivity index (χ0n) is 9.91. The molecule has 2 aromatic heterocycles. The van der Waals surface area contributed by atoms with Gasteiger partial charge in [0, 0.05) is 22.7 Å². The number of hydrogen-bond donors (Lipinski definition) is 2. The third-order valence-corrected chi connectivity index (χ3v) is 3.11. The molecule has 0 saturated carbocycles. The van der Waals surface area contributed by atoms with Crippen LogP contribution in [0.1, 0.15) is 0 Å². The van der Waals surface area contributed by atoms with Crippen molar-refractivity contribution in [2.75, 3.05) is 12.4 Å². The maximum atomic E-state index is 6.03. The quantitative estimate of drug-likeness (QED) is 0.760. The van der Waals surface area contributed by atoms with Gasteiger partial charge in [-0.25, -0.2) is 4.98 Å². The molecule has 2 heterocycles. The van der Waals surface area contributed by atoms with Crippen molar-refractivity contribution in [2.24, 2.45) is 0 Å². The van der Waals surface area contributed by atoms with E-state index in [-0.39, 0.29) is 0 Å². The molecule has 0 radical (unpaired) electrons. The third-order valence-electron chi connectivity index (χ3n) is 2.67. The van der Waals surface area contributed by atoms with Gasteiger partial charge in [0.1, 0.15) is 0 Å². The van der Waals surface area contributed by atoms with Crippen LogP contribution in [0.25, 0.3) is 22.3 Å². The average Bonchev–Trinajstić information content (AvgIpc) is 2.84. The molecule has 19 heavy (non-hydrogen) atoms. The number of anilines is 1. The van der Waals surface area contributed by atoms with Crippen molar-refractivity contribution in [3.63, 3.8) is 0 Å². The lowest BCUT2D eigenvalue weighted by molar-refractivity contribution is 1.09. The summed E-state index contributed by atoms with van der Waals surface area (Å²) in [5, 5.41) is 11.7. The summed E-state index contributed by atoms with van der Waals surface area (Å²) < 4.78 is 0. The number of nitrogens with one attached hydrogen (secondary N) is 2. The Balaban J connectivity index is 2.31. The van der Waals surface area contributed by atoms with Crippen LogP contribution in [0.3, 0.4) is 0 Å². The molecule has 0 aliphatic heterocycles. The Bertz CT molecular complexity index is 733. The SMILES string of the molecule is CNc1nc(-c2cc(Cl)cc(Cl)c2)c2cn[nH]c2n1. The van der Waals surface area contributed by atoms with Crippen LogP contribution in [-0.2, 0) is 0 Å². The summed E-state index contributed by atoms with van der Waals surface area (Å²) in [5.41, 5.74) is 2.21.